The maximum atomic E-state index is 11.2. The van der Waals surface area contributed by atoms with E-state index in [9.17, 15) is 9.90 Å². The third-order valence-corrected chi connectivity index (χ3v) is 3.52. The molecule has 0 fully saturated rings. The summed E-state index contributed by atoms with van der Waals surface area (Å²) in [7, 11) is 0. The van der Waals surface area contributed by atoms with Crippen molar-refractivity contribution < 1.29 is 14.6 Å². The van der Waals surface area contributed by atoms with Crippen molar-refractivity contribution in [3.8, 4) is 5.75 Å². The summed E-state index contributed by atoms with van der Waals surface area (Å²) in [6.45, 7) is 1.41. The highest BCUT2D eigenvalue weighted by molar-refractivity contribution is 5.95. The van der Waals surface area contributed by atoms with Gasteiger partial charge in [-0.25, -0.2) is 4.79 Å². The molecule has 5 nitrogen and oxygen atoms in total. The van der Waals surface area contributed by atoms with Crippen LogP contribution in [0.2, 0.25) is 0 Å². The van der Waals surface area contributed by atoms with E-state index in [1.165, 1.54) is 0 Å². The van der Waals surface area contributed by atoms with Crippen LogP contribution in [0.25, 0.3) is 0 Å². The van der Waals surface area contributed by atoms with Gasteiger partial charge in [-0.1, -0.05) is 12.1 Å². The molecule has 5 heteroatoms. The standard InChI is InChI=1S/C16H16N2O3/c17-13-7-6-11(10-12(13)16(19)20)18-8-3-9-21-15-5-2-1-4-14(15)18/h1-2,4-7,10H,3,8-9,17H2,(H,19,20). The smallest absolute Gasteiger partial charge is 0.337 e. The molecule has 108 valence electrons. The summed E-state index contributed by atoms with van der Waals surface area (Å²) < 4.78 is 5.72. The van der Waals surface area contributed by atoms with E-state index >= 15 is 0 Å². The molecule has 0 atom stereocenters. The number of carboxylic acid groups (broad SMARTS) is 1. The SMILES string of the molecule is Nc1ccc(N2CCCOc3ccccc32)cc1C(=O)O. The normalized spacial score (nSPS) is 14.0. The number of benzene rings is 2. The Hall–Kier alpha value is -2.69. The van der Waals surface area contributed by atoms with Gasteiger partial charge in [0.15, 0.2) is 0 Å². The second-order valence-corrected chi connectivity index (χ2v) is 4.90. The van der Waals surface area contributed by atoms with Gasteiger partial charge >= 0.3 is 5.97 Å². The Labute approximate surface area is 122 Å². The second-order valence-electron chi connectivity index (χ2n) is 4.90. The van der Waals surface area contributed by atoms with Crippen molar-refractivity contribution in [1.82, 2.24) is 0 Å². The Morgan fingerprint density at radius 3 is 2.86 bits per heavy atom. The van der Waals surface area contributed by atoms with Crippen molar-refractivity contribution >= 4 is 23.0 Å². The number of carboxylic acids is 1. The quantitative estimate of drug-likeness (QED) is 0.829. The van der Waals surface area contributed by atoms with Crippen LogP contribution in [0.5, 0.6) is 5.75 Å². The number of ether oxygens (including phenoxy) is 1. The zero-order valence-corrected chi connectivity index (χ0v) is 11.5. The molecule has 0 bridgehead atoms. The van der Waals surface area contributed by atoms with Crippen LogP contribution in [0.1, 0.15) is 16.8 Å². The summed E-state index contributed by atoms with van der Waals surface area (Å²) in [5, 5.41) is 9.22. The molecule has 1 aliphatic heterocycles. The van der Waals surface area contributed by atoms with E-state index in [1.54, 1.807) is 12.1 Å². The minimum atomic E-state index is -1.02. The summed E-state index contributed by atoms with van der Waals surface area (Å²) in [4.78, 5) is 13.3. The van der Waals surface area contributed by atoms with Gasteiger partial charge in [0, 0.05) is 17.9 Å². The molecule has 0 unspecified atom stereocenters. The van der Waals surface area contributed by atoms with Crippen molar-refractivity contribution in [2.45, 2.75) is 6.42 Å². The molecule has 1 aliphatic rings. The Morgan fingerprint density at radius 1 is 1.24 bits per heavy atom. The Morgan fingerprint density at radius 2 is 2.05 bits per heavy atom. The van der Waals surface area contributed by atoms with Crippen LogP contribution in [-0.4, -0.2) is 24.2 Å². The lowest BCUT2D eigenvalue weighted by atomic mass is 10.1. The van der Waals surface area contributed by atoms with E-state index in [0.29, 0.717) is 6.61 Å². The van der Waals surface area contributed by atoms with Gasteiger partial charge in [0.05, 0.1) is 17.9 Å². The number of aromatic carboxylic acids is 1. The largest absolute Gasteiger partial charge is 0.491 e. The van der Waals surface area contributed by atoms with Gasteiger partial charge < -0.3 is 20.5 Å². The van der Waals surface area contributed by atoms with Gasteiger partial charge in [0.1, 0.15) is 5.75 Å². The van der Waals surface area contributed by atoms with Crippen molar-refractivity contribution in [1.29, 1.82) is 0 Å². The molecular formula is C16H16N2O3. The minimum absolute atomic E-state index is 0.121. The molecule has 0 radical (unpaired) electrons. The van der Waals surface area contributed by atoms with Crippen LogP contribution < -0.4 is 15.4 Å². The zero-order chi connectivity index (χ0) is 14.8. The van der Waals surface area contributed by atoms with E-state index in [4.69, 9.17) is 10.5 Å². The van der Waals surface area contributed by atoms with Crippen LogP contribution in [0, 0.1) is 0 Å². The Bertz CT molecular complexity index is 685. The third kappa shape index (κ3) is 2.50. The first-order valence-electron chi connectivity index (χ1n) is 6.79. The molecule has 21 heavy (non-hydrogen) atoms. The first-order chi connectivity index (χ1) is 10.2. The molecule has 0 aliphatic carbocycles. The molecule has 2 aromatic carbocycles. The number of nitrogen functional groups attached to an aromatic ring is 1. The summed E-state index contributed by atoms with van der Waals surface area (Å²) >= 11 is 0. The predicted molar refractivity (Wildman–Crippen MR) is 81.4 cm³/mol. The number of nitrogens with zero attached hydrogens (tertiary/aromatic N) is 1. The van der Waals surface area contributed by atoms with E-state index in [0.717, 1.165) is 30.1 Å². The molecule has 3 rings (SSSR count). The van der Waals surface area contributed by atoms with Crippen molar-refractivity contribution in [2.75, 3.05) is 23.8 Å². The van der Waals surface area contributed by atoms with Crippen molar-refractivity contribution in [2.24, 2.45) is 0 Å². The van der Waals surface area contributed by atoms with Gasteiger partial charge in [0.2, 0.25) is 0 Å². The monoisotopic (exact) mass is 284 g/mol. The predicted octanol–water partition coefficient (Wildman–Crippen LogP) is 2.89. The molecular weight excluding hydrogens is 268 g/mol. The van der Waals surface area contributed by atoms with Crippen molar-refractivity contribution in [3.05, 3.63) is 48.0 Å². The highest BCUT2D eigenvalue weighted by Crippen LogP contribution is 2.36. The molecule has 0 amide bonds. The fourth-order valence-electron chi connectivity index (χ4n) is 2.49. The van der Waals surface area contributed by atoms with Gasteiger partial charge in [-0.3, -0.25) is 0 Å². The van der Waals surface area contributed by atoms with Crippen molar-refractivity contribution in [3.63, 3.8) is 0 Å². The number of fused-ring (bicyclic) bond motifs is 1. The Kier molecular flexibility index (Phi) is 3.39. The van der Waals surface area contributed by atoms with Crippen LogP contribution in [0.3, 0.4) is 0 Å². The maximum Gasteiger partial charge on any atom is 0.337 e. The molecule has 0 aromatic heterocycles. The fourth-order valence-corrected chi connectivity index (χ4v) is 2.49. The van der Waals surface area contributed by atoms with Gasteiger partial charge in [-0.05, 0) is 36.8 Å². The summed E-state index contributed by atoms with van der Waals surface area (Å²) in [5.74, 6) is -0.211. The maximum absolute atomic E-state index is 11.2. The zero-order valence-electron chi connectivity index (χ0n) is 11.5. The number of rotatable bonds is 2. The summed E-state index contributed by atoms with van der Waals surface area (Å²) in [6.07, 6.45) is 0.863. The lowest BCUT2D eigenvalue weighted by Crippen LogP contribution is -2.18. The summed E-state index contributed by atoms with van der Waals surface area (Å²) in [6, 6.07) is 12.8. The lowest BCUT2D eigenvalue weighted by Gasteiger charge is -2.24. The number of nitrogens with two attached hydrogens (primary N) is 1. The van der Waals surface area contributed by atoms with Gasteiger partial charge in [0.25, 0.3) is 0 Å². The topological polar surface area (TPSA) is 75.8 Å². The first kappa shape index (κ1) is 13.3. The summed E-state index contributed by atoms with van der Waals surface area (Å²) in [5.41, 5.74) is 7.86. The molecule has 3 N–H and O–H groups in total. The van der Waals surface area contributed by atoms with Crippen LogP contribution >= 0.6 is 0 Å². The third-order valence-electron chi connectivity index (χ3n) is 3.52. The number of anilines is 3. The van der Waals surface area contributed by atoms with Gasteiger partial charge in [-0.15, -0.1) is 0 Å². The van der Waals surface area contributed by atoms with E-state index in [2.05, 4.69) is 4.90 Å². The van der Waals surface area contributed by atoms with Gasteiger partial charge in [-0.2, -0.15) is 0 Å². The highest BCUT2D eigenvalue weighted by Gasteiger charge is 2.19. The van der Waals surface area contributed by atoms with E-state index < -0.39 is 5.97 Å². The number of hydrogen-bond donors (Lipinski definition) is 2. The van der Waals surface area contributed by atoms with Crippen LogP contribution in [0.15, 0.2) is 42.5 Å². The number of para-hydroxylation sites is 2. The average Bonchev–Trinajstić information content (AvgIpc) is 2.70. The fraction of sp³-hybridized carbons (Fsp3) is 0.188. The Balaban J connectivity index is 2.08. The van der Waals surface area contributed by atoms with Crippen LogP contribution in [0.4, 0.5) is 17.1 Å². The highest BCUT2D eigenvalue weighted by atomic mass is 16.5. The van der Waals surface area contributed by atoms with E-state index in [-0.39, 0.29) is 11.3 Å². The average molecular weight is 284 g/mol. The number of carbonyl (C=O) groups is 1. The second kappa shape index (κ2) is 5.36. The minimum Gasteiger partial charge on any atom is -0.491 e. The number of hydrogen-bond acceptors (Lipinski definition) is 4. The first-order valence-corrected chi connectivity index (χ1v) is 6.79. The molecule has 1 heterocycles. The molecule has 0 saturated carbocycles. The molecule has 0 saturated heterocycles. The lowest BCUT2D eigenvalue weighted by molar-refractivity contribution is 0.0698. The van der Waals surface area contributed by atoms with E-state index in [1.807, 2.05) is 30.3 Å². The molecule has 2 aromatic rings. The van der Waals surface area contributed by atoms with Crippen LogP contribution in [-0.2, 0) is 0 Å². The molecule has 0 spiro atoms.